The molecule has 0 spiro atoms. The topological polar surface area (TPSA) is 290 Å². The first kappa shape index (κ1) is 45.8. The molecule has 19 heteroatoms. The van der Waals surface area contributed by atoms with E-state index in [-0.39, 0.29) is 42.4 Å². The largest absolute Gasteiger partial charge is 0.458 e. The quantitative estimate of drug-likeness (QED) is 0.0613. The Balaban J connectivity index is 0.887. The molecule has 61 heavy (non-hydrogen) atoms. The number of carbonyl (C=O) groups is 2. The first-order valence-corrected chi connectivity index (χ1v) is 21.9. The minimum absolute atomic E-state index is 0.000150. The molecule has 19 nitrogen and oxygen atoms in total. The highest BCUT2D eigenvalue weighted by molar-refractivity contribution is 5.85. The van der Waals surface area contributed by atoms with E-state index in [0.29, 0.717) is 25.7 Å². The van der Waals surface area contributed by atoms with Gasteiger partial charge < -0.3 is 88.6 Å². The molecule has 8 rings (SSSR count). The first-order chi connectivity index (χ1) is 29.0. The Morgan fingerprint density at radius 2 is 1.46 bits per heavy atom. The summed E-state index contributed by atoms with van der Waals surface area (Å²) in [4.78, 5) is 25.3. The molecule has 0 radical (unpaired) electrons. The van der Waals surface area contributed by atoms with E-state index < -0.39 is 122 Å². The number of fused-ring (bicyclic) bond motifs is 5. The van der Waals surface area contributed by atoms with Crippen LogP contribution >= 0.6 is 0 Å². The Hall–Kier alpha value is -1.76. The number of cyclic esters (lactones) is 1. The third-order valence-corrected chi connectivity index (χ3v) is 16.3. The average molecular weight is 873 g/mol. The highest BCUT2D eigenvalue weighted by atomic mass is 16.8. The van der Waals surface area contributed by atoms with Crippen molar-refractivity contribution >= 4 is 12.3 Å². The number of esters is 1. The van der Waals surface area contributed by atoms with Gasteiger partial charge in [0.15, 0.2) is 18.9 Å². The van der Waals surface area contributed by atoms with Crippen LogP contribution in [0, 0.1) is 34.5 Å². The van der Waals surface area contributed by atoms with Crippen LogP contribution in [0.1, 0.15) is 71.6 Å². The van der Waals surface area contributed by atoms with Gasteiger partial charge in [-0.25, -0.2) is 4.79 Å². The standard InChI is InChI=1S/C42H64O19/c1-18-35(61-38-33(51)31(49)29(47)26(60-38)16-56-37-32(50)30(48)28(46)25(14-43)59-37)36(54-3)34(52)39(57-18)58-21-6-10-41(17-44)20(13-21)4-5-24-23(41)7-9-40(2)22(8-11-42(24,40)53)19-12-27(45)55-15-19/h12,17-18,20-26,28-39,43,46-53H,4-11,13-16H2,1-3H3/t18-,20+,21-,22+,23+,24-,25-,26-,28-,29-,30+,31+,32-,33-,34-,35-,36-,37-,38+,39+,40+,41+,42-/m0/s1. The van der Waals surface area contributed by atoms with Gasteiger partial charge in [0.1, 0.15) is 80.0 Å². The molecular weight excluding hydrogens is 808 g/mol. The fraction of sp³-hybridized carbons (Fsp3) is 0.905. The molecule has 3 saturated heterocycles. The molecule has 7 fully saturated rings. The highest BCUT2D eigenvalue weighted by Crippen LogP contribution is 2.69. The molecule has 4 heterocycles. The van der Waals surface area contributed by atoms with Gasteiger partial charge >= 0.3 is 5.97 Å². The molecule has 8 aliphatic rings. The molecule has 4 aliphatic carbocycles. The minimum Gasteiger partial charge on any atom is -0.458 e. The van der Waals surface area contributed by atoms with Gasteiger partial charge in [0.05, 0.1) is 31.0 Å². The molecule has 346 valence electrons. The summed E-state index contributed by atoms with van der Waals surface area (Å²) in [7, 11) is 1.36. The van der Waals surface area contributed by atoms with Gasteiger partial charge in [-0.2, -0.15) is 0 Å². The van der Waals surface area contributed by atoms with Crippen molar-refractivity contribution in [1.29, 1.82) is 0 Å². The molecule has 4 aliphatic heterocycles. The number of aliphatic hydroxyl groups is 9. The van der Waals surface area contributed by atoms with Crippen LogP contribution in [0.5, 0.6) is 0 Å². The second-order valence-electron chi connectivity index (χ2n) is 19.1. The second-order valence-corrected chi connectivity index (χ2v) is 19.1. The number of aliphatic hydroxyl groups excluding tert-OH is 8. The molecule has 0 unspecified atom stereocenters. The third kappa shape index (κ3) is 7.64. The van der Waals surface area contributed by atoms with Crippen LogP contribution < -0.4 is 0 Å². The van der Waals surface area contributed by atoms with Crippen molar-refractivity contribution in [1.82, 2.24) is 0 Å². The van der Waals surface area contributed by atoms with Crippen molar-refractivity contribution in [3.8, 4) is 0 Å². The maximum atomic E-state index is 13.3. The Labute approximate surface area is 353 Å². The van der Waals surface area contributed by atoms with Gasteiger partial charge in [-0.3, -0.25) is 0 Å². The molecule has 4 saturated carbocycles. The molecule has 0 aromatic heterocycles. The minimum atomic E-state index is -1.79. The van der Waals surface area contributed by atoms with Crippen LogP contribution in [0.4, 0.5) is 0 Å². The van der Waals surface area contributed by atoms with E-state index in [1.54, 1.807) is 13.0 Å². The summed E-state index contributed by atoms with van der Waals surface area (Å²) < 4.78 is 46.4. The molecule has 23 atom stereocenters. The SMILES string of the molecule is CO[C@H]1[C@H](O)[C@@H](O[C@H]2CC[C@@]3(C=O)[C@H](CC[C@H]4[C@H]3CC[C@]3(C)[C@@H](C5=CC(=O)OC5)CC[C@]43O)C2)O[C@@H](C)[C@@H]1O[C@H]1O[C@@H](CO[C@H]2O[C@@H](CO)[C@H](O)[C@@H](O)[C@@H]2O)[C@H](O)[C@@H](O)[C@@H]1O. The number of hydrogen-bond acceptors (Lipinski definition) is 19. The fourth-order valence-corrected chi connectivity index (χ4v) is 12.9. The average Bonchev–Trinajstić information content (AvgIpc) is 3.80. The maximum Gasteiger partial charge on any atom is 0.331 e. The summed E-state index contributed by atoms with van der Waals surface area (Å²) in [6.45, 7) is 2.83. The third-order valence-electron chi connectivity index (χ3n) is 16.3. The number of methoxy groups -OCH3 is 1. The Bertz CT molecular complexity index is 1620. The van der Waals surface area contributed by atoms with Crippen molar-refractivity contribution in [3.05, 3.63) is 11.6 Å². The van der Waals surface area contributed by atoms with Crippen molar-refractivity contribution in [2.45, 2.75) is 175 Å². The zero-order valence-corrected chi connectivity index (χ0v) is 34.8. The van der Waals surface area contributed by atoms with E-state index in [1.807, 2.05) is 0 Å². The van der Waals surface area contributed by atoms with E-state index in [1.165, 1.54) is 7.11 Å². The van der Waals surface area contributed by atoms with Crippen molar-refractivity contribution in [2.75, 3.05) is 26.9 Å². The van der Waals surface area contributed by atoms with E-state index in [0.717, 1.165) is 44.0 Å². The lowest BCUT2D eigenvalue weighted by Crippen LogP contribution is -2.65. The predicted octanol–water partition coefficient (Wildman–Crippen LogP) is -2.06. The monoisotopic (exact) mass is 872 g/mol. The second kappa shape index (κ2) is 17.6. The predicted molar refractivity (Wildman–Crippen MR) is 203 cm³/mol. The fourth-order valence-electron chi connectivity index (χ4n) is 12.9. The van der Waals surface area contributed by atoms with Gasteiger partial charge in [-0.15, -0.1) is 0 Å². The van der Waals surface area contributed by atoms with E-state index in [2.05, 4.69) is 6.92 Å². The normalized spacial score (nSPS) is 53.6. The lowest BCUT2D eigenvalue weighted by atomic mass is 9.43. The number of hydrogen-bond donors (Lipinski definition) is 9. The van der Waals surface area contributed by atoms with Crippen LogP contribution in [0.15, 0.2) is 11.6 Å². The van der Waals surface area contributed by atoms with E-state index >= 15 is 0 Å². The molecule has 0 bridgehead atoms. The number of rotatable bonds is 11. The number of aldehydes is 1. The Morgan fingerprint density at radius 1 is 0.770 bits per heavy atom. The number of carbonyl (C=O) groups excluding carboxylic acids is 2. The van der Waals surface area contributed by atoms with Gasteiger partial charge in [-0.05, 0) is 94.0 Å². The summed E-state index contributed by atoms with van der Waals surface area (Å²) in [6, 6.07) is 0. The first-order valence-electron chi connectivity index (χ1n) is 21.9. The van der Waals surface area contributed by atoms with Crippen LogP contribution in [0.25, 0.3) is 0 Å². The van der Waals surface area contributed by atoms with E-state index in [9.17, 15) is 55.5 Å². The highest BCUT2D eigenvalue weighted by Gasteiger charge is 2.69. The zero-order chi connectivity index (χ0) is 43.8. The molecule has 9 N–H and O–H groups in total. The van der Waals surface area contributed by atoms with Gasteiger partial charge in [-0.1, -0.05) is 6.92 Å². The summed E-state index contributed by atoms with van der Waals surface area (Å²) >= 11 is 0. The van der Waals surface area contributed by atoms with Gasteiger partial charge in [0, 0.05) is 24.0 Å². The molecule has 0 amide bonds. The molecule has 0 aromatic carbocycles. The summed E-state index contributed by atoms with van der Waals surface area (Å²) in [6.07, 6.45) is -13.2. The lowest BCUT2D eigenvalue weighted by Gasteiger charge is -2.63. The molecule has 0 aromatic rings. The molecular formula is C42H64O19. The van der Waals surface area contributed by atoms with Crippen LogP contribution in [-0.4, -0.2) is 189 Å². The van der Waals surface area contributed by atoms with Crippen LogP contribution in [0.3, 0.4) is 0 Å². The van der Waals surface area contributed by atoms with Gasteiger partial charge in [0.2, 0.25) is 0 Å². The summed E-state index contributed by atoms with van der Waals surface area (Å²) in [5, 5.41) is 96.6. The van der Waals surface area contributed by atoms with E-state index in [4.69, 9.17) is 37.9 Å². The smallest absolute Gasteiger partial charge is 0.331 e. The Morgan fingerprint density at radius 3 is 2.13 bits per heavy atom. The van der Waals surface area contributed by atoms with Crippen LogP contribution in [0.2, 0.25) is 0 Å². The van der Waals surface area contributed by atoms with Gasteiger partial charge in [0.25, 0.3) is 0 Å². The van der Waals surface area contributed by atoms with Crippen molar-refractivity contribution in [2.24, 2.45) is 34.5 Å². The summed E-state index contributed by atoms with van der Waals surface area (Å²) in [5.74, 6) is -0.343. The van der Waals surface area contributed by atoms with Crippen molar-refractivity contribution in [3.63, 3.8) is 0 Å². The zero-order valence-electron chi connectivity index (χ0n) is 34.8. The number of ether oxygens (including phenoxy) is 8. The maximum absolute atomic E-state index is 13.3. The van der Waals surface area contributed by atoms with Crippen molar-refractivity contribution < 1.29 is 93.4 Å². The summed E-state index contributed by atoms with van der Waals surface area (Å²) in [5.41, 5.74) is -1.07. The lowest BCUT2D eigenvalue weighted by molar-refractivity contribution is -0.367. The van der Waals surface area contributed by atoms with Crippen LogP contribution in [-0.2, 0) is 47.5 Å². The Kier molecular flexibility index (Phi) is 13.2.